The number of ether oxygens (including phenoxy) is 1. The summed E-state index contributed by atoms with van der Waals surface area (Å²) in [6.45, 7) is -0.210. The molecule has 0 saturated carbocycles. The average molecular weight is 641 g/mol. The molecule has 2 heterocycles. The van der Waals surface area contributed by atoms with Crippen LogP contribution in [-0.4, -0.2) is 71.6 Å². The molecule has 0 saturated heterocycles. The van der Waals surface area contributed by atoms with E-state index in [0.29, 0.717) is 0 Å². The van der Waals surface area contributed by atoms with Gasteiger partial charge >= 0.3 is 6.18 Å². The molecule has 0 radical (unpaired) electrons. The number of fused-ring (bicyclic) bond motifs is 1. The molecule has 12 nitrogen and oxygen atoms in total. The number of amides is 3. The Morgan fingerprint density at radius 3 is 2.60 bits per heavy atom. The number of rotatable bonds is 9. The number of allylic oxidation sites excluding steroid dienone is 1. The van der Waals surface area contributed by atoms with Gasteiger partial charge < -0.3 is 30.7 Å². The SMILES string of the molecule is COc1ccc(C(=O)Nc2cnn3c2C(=O)N(c2ccc(C(F)(F)F)c(Cl)c2)[C@@H](CN(C)C(=O)/C(C=N)=C/C=N)C3)cc1C#N. The Hall–Kier alpha value is -5.49. The van der Waals surface area contributed by atoms with Crippen LogP contribution in [0.1, 0.15) is 32.0 Å². The van der Waals surface area contributed by atoms with Crippen LogP contribution in [0.2, 0.25) is 5.02 Å². The summed E-state index contributed by atoms with van der Waals surface area (Å²) < 4.78 is 46.7. The van der Waals surface area contributed by atoms with Crippen molar-refractivity contribution in [3.63, 3.8) is 0 Å². The third-order valence-corrected chi connectivity index (χ3v) is 7.19. The zero-order chi connectivity index (χ0) is 33.1. The van der Waals surface area contributed by atoms with E-state index in [2.05, 4.69) is 10.4 Å². The highest BCUT2D eigenvalue weighted by Gasteiger charge is 2.39. The fourth-order valence-electron chi connectivity index (χ4n) is 4.77. The van der Waals surface area contributed by atoms with E-state index in [1.165, 1.54) is 48.1 Å². The second-order valence-electron chi connectivity index (χ2n) is 9.68. The predicted molar refractivity (Wildman–Crippen MR) is 158 cm³/mol. The molecule has 16 heteroatoms. The number of nitrogens with zero attached hydrogens (tertiary/aromatic N) is 5. The number of aromatic nitrogens is 2. The maximum absolute atomic E-state index is 14.1. The van der Waals surface area contributed by atoms with Crippen molar-refractivity contribution >= 4 is 53.1 Å². The summed E-state index contributed by atoms with van der Waals surface area (Å²) >= 11 is 5.99. The van der Waals surface area contributed by atoms with Crippen molar-refractivity contribution < 1.29 is 32.3 Å². The van der Waals surface area contributed by atoms with E-state index in [9.17, 15) is 32.8 Å². The highest BCUT2D eigenvalue weighted by atomic mass is 35.5. The zero-order valence-electron chi connectivity index (χ0n) is 23.6. The Balaban J connectivity index is 1.73. The molecule has 0 bridgehead atoms. The molecule has 1 aromatic heterocycles. The second kappa shape index (κ2) is 13.0. The van der Waals surface area contributed by atoms with Gasteiger partial charge in [0.05, 0.1) is 53.3 Å². The largest absolute Gasteiger partial charge is 0.495 e. The van der Waals surface area contributed by atoms with Crippen LogP contribution in [-0.2, 0) is 17.5 Å². The number of methoxy groups -OCH3 is 1. The molecule has 3 amide bonds. The Morgan fingerprint density at radius 2 is 2.00 bits per heavy atom. The van der Waals surface area contributed by atoms with E-state index in [1.807, 2.05) is 6.07 Å². The van der Waals surface area contributed by atoms with Crippen molar-refractivity contribution in [2.24, 2.45) is 0 Å². The Bertz CT molecular complexity index is 1780. The minimum atomic E-state index is -4.75. The normalized spacial score (nSPS) is 14.7. The van der Waals surface area contributed by atoms with Gasteiger partial charge in [0.1, 0.15) is 17.5 Å². The molecule has 0 unspecified atom stereocenters. The molecular weight excluding hydrogens is 617 g/mol. The number of hydrogen-bond acceptors (Lipinski definition) is 8. The van der Waals surface area contributed by atoms with Crippen LogP contribution in [0.15, 0.2) is 54.2 Å². The molecule has 1 aliphatic rings. The minimum Gasteiger partial charge on any atom is -0.495 e. The number of likely N-dealkylation sites (N-methyl/N-ethyl adjacent to an activating group) is 1. The fourth-order valence-corrected chi connectivity index (χ4v) is 5.06. The molecule has 0 spiro atoms. The smallest absolute Gasteiger partial charge is 0.417 e. The molecular formula is C29H24ClF3N8O4. The number of nitrogens with one attached hydrogen (secondary N) is 3. The van der Waals surface area contributed by atoms with Gasteiger partial charge in [-0.15, -0.1) is 0 Å². The lowest BCUT2D eigenvalue weighted by Gasteiger charge is -2.38. The van der Waals surface area contributed by atoms with Gasteiger partial charge in [-0.2, -0.15) is 23.5 Å². The summed E-state index contributed by atoms with van der Waals surface area (Å²) in [4.78, 5) is 42.4. The lowest BCUT2D eigenvalue weighted by Crippen LogP contribution is -2.54. The van der Waals surface area contributed by atoms with Crippen LogP contribution in [0, 0.1) is 22.1 Å². The fraction of sp³-hybridized carbons (Fsp3) is 0.207. The third kappa shape index (κ3) is 6.55. The van der Waals surface area contributed by atoms with Crippen LogP contribution in [0.5, 0.6) is 5.75 Å². The Kier molecular flexibility index (Phi) is 9.38. The van der Waals surface area contributed by atoms with Crippen molar-refractivity contribution in [2.45, 2.75) is 18.8 Å². The van der Waals surface area contributed by atoms with E-state index >= 15 is 0 Å². The van der Waals surface area contributed by atoms with Gasteiger partial charge in [-0.25, -0.2) is 0 Å². The number of halogens is 4. The van der Waals surface area contributed by atoms with Crippen LogP contribution >= 0.6 is 11.6 Å². The van der Waals surface area contributed by atoms with E-state index < -0.39 is 40.5 Å². The highest BCUT2D eigenvalue weighted by Crippen LogP contribution is 2.38. The first-order valence-electron chi connectivity index (χ1n) is 13.0. The highest BCUT2D eigenvalue weighted by molar-refractivity contribution is 6.32. The number of hydrogen-bond donors (Lipinski definition) is 3. The van der Waals surface area contributed by atoms with Gasteiger partial charge in [0, 0.05) is 37.3 Å². The maximum atomic E-state index is 14.1. The van der Waals surface area contributed by atoms with Gasteiger partial charge in [-0.3, -0.25) is 19.1 Å². The summed E-state index contributed by atoms with van der Waals surface area (Å²) in [7, 11) is 2.78. The molecule has 1 atom stereocenters. The summed E-state index contributed by atoms with van der Waals surface area (Å²) in [5.41, 5.74) is -1.14. The molecule has 232 valence electrons. The average Bonchev–Trinajstić information content (AvgIpc) is 3.40. The van der Waals surface area contributed by atoms with E-state index in [0.717, 1.165) is 41.6 Å². The first-order chi connectivity index (χ1) is 21.3. The maximum Gasteiger partial charge on any atom is 0.417 e. The molecule has 3 aromatic rings. The first kappa shape index (κ1) is 32.4. The van der Waals surface area contributed by atoms with Gasteiger partial charge in [0.15, 0.2) is 0 Å². The number of nitriles is 1. The molecule has 0 aliphatic carbocycles. The summed E-state index contributed by atoms with van der Waals surface area (Å²) in [6.07, 6.45) is -0.790. The van der Waals surface area contributed by atoms with Gasteiger partial charge in [-0.1, -0.05) is 11.6 Å². The molecule has 0 fully saturated rings. The van der Waals surface area contributed by atoms with Crippen LogP contribution in [0.3, 0.4) is 0 Å². The van der Waals surface area contributed by atoms with E-state index in [-0.39, 0.29) is 52.6 Å². The van der Waals surface area contributed by atoms with Crippen LogP contribution in [0.25, 0.3) is 0 Å². The quantitative estimate of drug-likeness (QED) is 0.231. The van der Waals surface area contributed by atoms with Crippen molar-refractivity contribution in [1.29, 1.82) is 16.1 Å². The van der Waals surface area contributed by atoms with Crippen molar-refractivity contribution in [1.82, 2.24) is 14.7 Å². The summed E-state index contributed by atoms with van der Waals surface area (Å²) in [6, 6.07) is 8.00. The number of anilines is 2. The predicted octanol–water partition coefficient (Wildman–Crippen LogP) is 4.40. The second-order valence-corrected chi connectivity index (χ2v) is 10.1. The van der Waals surface area contributed by atoms with E-state index in [1.54, 1.807) is 0 Å². The van der Waals surface area contributed by atoms with Crippen molar-refractivity contribution in [3.8, 4) is 11.8 Å². The number of carbonyl (C=O) groups excluding carboxylic acids is 3. The van der Waals surface area contributed by atoms with Crippen LogP contribution < -0.4 is 15.0 Å². The minimum absolute atomic E-state index is 0.00905. The molecule has 3 N–H and O–H groups in total. The Morgan fingerprint density at radius 1 is 1.27 bits per heavy atom. The molecule has 4 rings (SSSR count). The number of benzene rings is 2. The number of alkyl halides is 3. The standard InChI is InChI=1S/C29H24ClF3N8O4/c1-39(27(43)17(11-35)7-8-34)14-20-15-40-25(28(44)41(20)19-4-5-21(22(30)10-19)29(31,32)33)23(13-37-40)38-26(42)16-3-6-24(45-2)18(9-16)12-36/h3-11,13,20,34-35H,14-15H2,1-2H3,(H,38,42)/b17-7+,34-8?,35-11?/t20-/m0/s1. The summed E-state index contributed by atoms with van der Waals surface area (Å²) in [5.74, 6) is -1.81. The van der Waals surface area contributed by atoms with Gasteiger partial charge in [-0.05, 0) is 42.5 Å². The third-order valence-electron chi connectivity index (χ3n) is 6.87. The van der Waals surface area contributed by atoms with Crippen molar-refractivity contribution in [2.75, 3.05) is 30.9 Å². The first-order valence-corrected chi connectivity index (χ1v) is 13.3. The summed E-state index contributed by atoms with van der Waals surface area (Å²) in [5, 5.41) is 30.2. The van der Waals surface area contributed by atoms with Gasteiger partial charge in [0.2, 0.25) is 0 Å². The topological polar surface area (TPSA) is 168 Å². The van der Waals surface area contributed by atoms with Gasteiger partial charge in [0.25, 0.3) is 17.7 Å². The van der Waals surface area contributed by atoms with Crippen LogP contribution in [0.4, 0.5) is 24.5 Å². The molecule has 2 aromatic carbocycles. The zero-order valence-corrected chi connectivity index (χ0v) is 24.4. The van der Waals surface area contributed by atoms with E-state index in [4.69, 9.17) is 27.2 Å². The Labute approximate surface area is 259 Å². The monoisotopic (exact) mass is 640 g/mol. The number of carbonyl (C=O) groups is 3. The lowest BCUT2D eigenvalue weighted by molar-refractivity contribution is -0.137. The molecule has 1 aliphatic heterocycles. The lowest BCUT2D eigenvalue weighted by atomic mass is 10.1. The van der Waals surface area contributed by atoms with Crippen molar-refractivity contribution in [3.05, 3.63) is 81.7 Å². The molecule has 45 heavy (non-hydrogen) atoms.